The van der Waals surface area contributed by atoms with Gasteiger partial charge >= 0.3 is 0 Å². The summed E-state index contributed by atoms with van der Waals surface area (Å²) in [5.74, 6) is -0.862. The van der Waals surface area contributed by atoms with Gasteiger partial charge in [0, 0.05) is 14.2 Å². The Bertz CT molecular complexity index is 227. The Morgan fingerprint density at radius 1 is 1.00 bits per heavy atom. The van der Waals surface area contributed by atoms with Gasteiger partial charge in [-0.2, -0.15) is 0 Å². The molecule has 0 fully saturated rings. The smallest absolute Gasteiger partial charge is 0.273 e. The van der Waals surface area contributed by atoms with Gasteiger partial charge in [0.2, 0.25) is 0 Å². The van der Waals surface area contributed by atoms with Crippen molar-refractivity contribution in [2.75, 3.05) is 26.7 Å². The number of ether oxygens (including phenoxy) is 2. The summed E-state index contributed by atoms with van der Waals surface area (Å²) >= 11 is 2.96. The fraction of sp³-hybridized carbons (Fsp3) is 0.714. The van der Waals surface area contributed by atoms with E-state index in [1.165, 1.54) is 23.5 Å². The Labute approximate surface area is 86.2 Å². The van der Waals surface area contributed by atoms with Crippen molar-refractivity contribution in [3.05, 3.63) is 0 Å². The number of rotatable bonds is 2. The lowest BCUT2D eigenvalue weighted by molar-refractivity contribution is -0.0944. The van der Waals surface area contributed by atoms with E-state index in [0.717, 1.165) is 10.1 Å². The third-order valence-electron chi connectivity index (χ3n) is 1.76. The van der Waals surface area contributed by atoms with Gasteiger partial charge in [-0.25, -0.2) is 0 Å². The molecule has 0 atom stereocenters. The summed E-state index contributed by atoms with van der Waals surface area (Å²) in [6.07, 6.45) is 3.84. The molecule has 6 heteroatoms. The molecular weight excluding hydrogens is 208 g/mol. The van der Waals surface area contributed by atoms with Gasteiger partial charge < -0.3 is 9.47 Å². The predicted octanol–water partition coefficient (Wildman–Crippen LogP) is 1.43. The van der Waals surface area contributed by atoms with E-state index in [-0.39, 0.29) is 0 Å². The standard InChI is InChI=1S/C7H12N2O2S2/c1-10-7(11-2)5(12-3)8-9-6(7)13-4/h1-4H3. The van der Waals surface area contributed by atoms with Crippen LogP contribution in [0.2, 0.25) is 0 Å². The molecule has 1 aliphatic rings. The molecular formula is C7H12N2O2S2. The highest BCUT2D eigenvalue weighted by Crippen LogP contribution is 2.31. The van der Waals surface area contributed by atoms with Crippen LogP contribution in [0.25, 0.3) is 0 Å². The van der Waals surface area contributed by atoms with E-state index in [2.05, 4.69) is 10.2 Å². The largest absolute Gasteiger partial charge is 0.342 e. The summed E-state index contributed by atoms with van der Waals surface area (Å²) < 4.78 is 10.7. The molecule has 1 rings (SSSR count). The molecule has 0 unspecified atom stereocenters. The second kappa shape index (κ2) is 4.45. The molecule has 4 nitrogen and oxygen atoms in total. The molecule has 1 heterocycles. The first kappa shape index (κ1) is 11.0. The van der Waals surface area contributed by atoms with E-state index in [1.807, 2.05) is 12.5 Å². The minimum atomic E-state index is -0.862. The van der Waals surface area contributed by atoms with Crippen LogP contribution in [0, 0.1) is 0 Å². The molecule has 0 aromatic carbocycles. The molecule has 0 aromatic heterocycles. The molecule has 0 saturated heterocycles. The zero-order valence-corrected chi connectivity index (χ0v) is 9.66. The topological polar surface area (TPSA) is 43.2 Å². The molecule has 1 aliphatic heterocycles. The van der Waals surface area contributed by atoms with Crippen molar-refractivity contribution in [1.82, 2.24) is 0 Å². The van der Waals surface area contributed by atoms with Crippen LogP contribution in [-0.4, -0.2) is 42.6 Å². The quantitative estimate of drug-likeness (QED) is 0.660. The number of thioether (sulfide) groups is 2. The number of nitrogens with zero attached hydrogens (tertiary/aromatic N) is 2. The Morgan fingerprint density at radius 3 is 1.62 bits per heavy atom. The van der Waals surface area contributed by atoms with Gasteiger partial charge in [0.15, 0.2) is 10.1 Å². The van der Waals surface area contributed by atoms with E-state index in [1.54, 1.807) is 14.2 Å². The molecule has 0 bridgehead atoms. The first-order valence-electron chi connectivity index (χ1n) is 3.60. The number of hydrogen-bond acceptors (Lipinski definition) is 6. The van der Waals surface area contributed by atoms with Crippen LogP contribution in [0.5, 0.6) is 0 Å². The predicted molar refractivity (Wildman–Crippen MR) is 58.6 cm³/mol. The lowest BCUT2D eigenvalue weighted by atomic mass is 10.3. The van der Waals surface area contributed by atoms with Gasteiger partial charge in [-0.05, 0) is 12.5 Å². The van der Waals surface area contributed by atoms with Crippen molar-refractivity contribution in [2.24, 2.45) is 10.2 Å². The highest BCUT2D eigenvalue weighted by Gasteiger charge is 2.45. The number of methoxy groups -OCH3 is 2. The Hall–Kier alpha value is -0.0400. The van der Waals surface area contributed by atoms with Crippen LogP contribution in [0.3, 0.4) is 0 Å². The van der Waals surface area contributed by atoms with Crippen LogP contribution in [0.1, 0.15) is 0 Å². The van der Waals surface area contributed by atoms with Crippen LogP contribution in [0.15, 0.2) is 10.2 Å². The van der Waals surface area contributed by atoms with E-state index in [4.69, 9.17) is 9.47 Å². The average Bonchev–Trinajstić information content (AvgIpc) is 2.55. The third-order valence-corrected chi connectivity index (χ3v) is 3.23. The van der Waals surface area contributed by atoms with Crippen LogP contribution < -0.4 is 0 Å². The number of hydrogen-bond donors (Lipinski definition) is 0. The Morgan fingerprint density at radius 2 is 1.38 bits per heavy atom. The lowest BCUT2D eigenvalue weighted by Gasteiger charge is -2.26. The SMILES string of the molecule is COC1(OC)C(SC)=NN=C1SC. The van der Waals surface area contributed by atoms with E-state index < -0.39 is 5.79 Å². The monoisotopic (exact) mass is 220 g/mol. The maximum atomic E-state index is 5.33. The molecule has 0 aliphatic carbocycles. The fourth-order valence-corrected chi connectivity index (χ4v) is 2.47. The van der Waals surface area contributed by atoms with Crippen LogP contribution in [0.4, 0.5) is 0 Å². The van der Waals surface area contributed by atoms with Crippen molar-refractivity contribution < 1.29 is 9.47 Å². The van der Waals surface area contributed by atoms with Crippen LogP contribution in [-0.2, 0) is 9.47 Å². The summed E-state index contributed by atoms with van der Waals surface area (Å²) in [6, 6.07) is 0. The second-order valence-corrected chi connectivity index (χ2v) is 3.83. The van der Waals surface area contributed by atoms with Gasteiger partial charge in [0.25, 0.3) is 5.79 Å². The molecule has 0 aromatic rings. The first-order chi connectivity index (χ1) is 6.25. The molecule has 0 spiro atoms. The molecule has 0 radical (unpaired) electrons. The van der Waals surface area contributed by atoms with E-state index in [9.17, 15) is 0 Å². The Kier molecular flexibility index (Phi) is 3.78. The molecule has 13 heavy (non-hydrogen) atoms. The van der Waals surface area contributed by atoms with Gasteiger partial charge in [-0.3, -0.25) is 0 Å². The third kappa shape index (κ3) is 1.63. The van der Waals surface area contributed by atoms with Gasteiger partial charge in [-0.15, -0.1) is 33.7 Å². The summed E-state index contributed by atoms with van der Waals surface area (Å²) in [4.78, 5) is 0. The zero-order chi connectivity index (χ0) is 9.90. The maximum Gasteiger partial charge on any atom is 0.273 e. The second-order valence-electron chi connectivity index (χ2n) is 2.24. The normalized spacial score (nSPS) is 20.0. The van der Waals surface area contributed by atoms with Crippen LogP contribution >= 0.6 is 23.5 Å². The highest BCUT2D eigenvalue weighted by molar-refractivity contribution is 8.16. The minimum absolute atomic E-state index is 0.738. The lowest BCUT2D eigenvalue weighted by Crippen LogP contribution is -2.45. The van der Waals surface area contributed by atoms with Crippen molar-refractivity contribution in [1.29, 1.82) is 0 Å². The first-order valence-corrected chi connectivity index (χ1v) is 6.05. The van der Waals surface area contributed by atoms with Crippen molar-refractivity contribution >= 4 is 33.6 Å². The summed E-state index contributed by atoms with van der Waals surface area (Å²) in [5, 5.41) is 9.47. The van der Waals surface area contributed by atoms with Gasteiger partial charge in [0.1, 0.15) is 0 Å². The van der Waals surface area contributed by atoms with E-state index in [0.29, 0.717) is 0 Å². The minimum Gasteiger partial charge on any atom is -0.342 e. The van der Waals surface area contributed by atoms with Crippen molar-refractivity contribution in [3.8, 4) is 0 Å². The molecule has 0 N–H and O–H groups in total. The zero-order valence-electron chi connectivity index (χ0n) is 8.03. The molecule has 0 amide bonds. The summed E-state index contributed by atoms with van der Waals surface area (Å²) in [5.41, 5.74) is 0. The maximum absolute atomic E-state index is 5.33. The molecule has 74 valence electrons. The van der Waals surface area contributed by atoms with Gasteiger partial charge in [-0.1, -0.05) is 0 Å². The average molecular weight is 220 g/mol. The highest BCUT2D eigenvalue weighted by atomic mass is 32.2. The van der Waals surface area contributed by atoms with E-state index >= 15 is 0 Å². The summed E-state index contributed by atoms with van der Waals surface area (Å²) in [6.45, 7) is 0. The van der Waals surface area contributed by atoms with Crippen molar-refractivity contribution in [3.63, 3.8) is 0 Å². The van der Waals surface area contributed by atoms with Gasteiger partial charge in [0.05, 0.1) is 0 Å². The summed E-state index contributed by atoms with van der Waals surface area (Å²) in [7, 11) is 3.18. The fourth-order valence-electron chi connectivity index (χ4n) is 1.10. The Balaban J connectivity index is 2.98. The van der Waals surface area contributed by atoms with Crippen molar-refractivity contribution in [2.45, 2.75) is 5.79 Å². The molecule has 0 saturated carbocycles.